The van der Waals surface area contributed by atoms with Crippen molar-refractivity contribution in [1.29, 1.82) is 0 Å². The van der Waals surface area contributed by atoms with E-state index in [1.807, 2.05) is 18.2 Å². The molecule has 0 aliphatic heterocycles. The summed E-state index contributed by atoms with van der Waals surface area (Å²) in [7, 11) is 0. The maximum Gasteiger partial charge on any atom is 0.348 e. The highest BCUT2D eigenvalue weighted by molar-refractivity contribution is 9.10. The SMILES string of the molecule is Cc1c(C(=O)OC2CCCCC2)sc2ncn(CC(=O)Nc3ccccc3Br)c(=O)c12. The molecule has 7 nitrogen and oxygen atoms in total. The second-order valence-corrected chi connectivity index (χ2v) is 9.46. The molecule has 162 valence electrons. The standard InChI is InChI=1S/C22H22BrN3O4S/c1-13-18-20(31-19(13)22(29)30-14-7-3-2-4-8-14)24-12-26(21(18)28)11-17(27)25-16-10-6-5-9-15(16)23/h5-6,9-10,12,14H,2-4,7-8,11H2,1H3,(H,25,27). The molecule has 0 saturated heterocycles. The van der Waals surface area contributed by atoms with Crippen molar-refractivity contribution in [2.75, 3.05) is 5.32 Å². The van der Waals surface area contributed by atoms with E-state index < -0.39 is 5.97 Å². The zero-order valence-electron chi connectivity index (χ0n) is 17.0. The minimum absolute atomic E-state index is 0.0588. The van der Waals surface area contributed by atoms with Gasteiger partial charge in [-0.15, -0.1) is 11.3 Å². The van der Waals surface area contributed by atoms with Crippen molar-refractivity contribution in [3.63, 3.8) is 0 Å². The number of nitrogens with zero attached hydrogens (tertiary/aromatic N) is 2. The number of nitrogens with one attached hydrogen (secondary N) is 1. The smallest absolute Gasteiger partial charge is 0.348 e. The number of carbonyl (C=O) groups is 2. The van der Waals surface area contributed by atoms with E-state index in [2.05, 4.69) is 26.2 Å². The summed E-state index contributed by atoms with van der Waals surface area (Å²) in [5.41, 5.74) is 0.825. The summed E-state index contributed by atoms with van der Waals surface area (Å²) in [5, 5.41) is 3.13. The van der Waals surface area contributed by atoms with Gasteiger partial charge in [-0.05, 0) is 66.2 Å². The van der Waals surface area contributed by atoms with Gasteiger partial charge in [0.05, 0.1) is 17.4 Å². The molecule has 4 rings (SSSR count). The Morgan fingerprint density at radius 3 is 2.74 bits per heavy atom. The molecule has 0 spiro atoms. The third-order valence-electron chi connectivity index (χ3n) is 5.39. The average Bonchev–Trinajstić information content (AvgIpc) is 3.10. The fourth-order valence-corrected chi connectivity index (χ4v) is 5.17. The molecule has 0 atom stereocenters. The van der Waals surface area contributed by atoms with Crippen molar-refractivity contribution in [3.8, 4) is 0 Å². The van der Waals surface area contributed by atoms with Crippen LogP contribution in [0.3, 0.4) is 0 Å². The first kappa shape index (κ1) is 21.7. The summed E-state index contributed by atoms with van der Waals surface area (Å²) in [5.74, 6) is -0.745. The second kappa shape index (κ2) is 9.32. The number of aromatic nitrogens is 2. The summed E-state index contributed by atoms with van der Waals surface area (Å²) in [4.78, 5) is 43.4. The number of benzene rings is 1. The van der Waals surface area contributed by atoms with Gasteiger partial charge in [0.2, 0.25) is 5.91 Å². The van der Waals surface area contributed by atoms with Crippen LogP contribution in [0.5, 0.6) is 0 Å². The summed E-state index contributed by atoms with van der Waals surface area (Å²) >= 11 is 4.54. The lowest BCUT2D eigenvalue weighted by Crippen LogP contribution is -2.28. The number of hydrogen-bond acceptors (Lipinski definition) is 6. The first-order chi connectivity index (χ1) is 14.9. The molecule has 1 N–H and O–H groups in total. The molecule has 9 heteroatoms. The van der Waals surface area contributed by atoms with Crippen molar-refractivity contribution < 1.29 is 14.3 Å². The van der Waals surface area contributed by atoms with E-state index in [0.29, 0.717) is 26.3 Å². The van der Waals surface area contributed by atoms with Crippen molar-refractivity contribution in [2.45, 2.75) is 51.7 Å². The molecule has 2 heterocycles. The van der Waals surface area contributed by atoms with E-state index in [1.54, 1.807) is 13.0 Å². The van der Waals surface area contributed by atoms with Gasteiger partial charge >= 0.3 is 5.97 Å². The fourth-order valence-electron chi connectivity index (χ4n) is 3.76. The molecule has 1 aliphatic carbocycles. The molecule has 3 aromatic rings. The zero-order valence-corrected chi connectivity index (χ0v) is 19.4. The number of rotatable bonds is 5. The van der Waals surface area contributed by atoms with Gasteiger partial charge in [0.25, 0.3) is 5.56 Å². The first-order valence-electron chi connectivity index (χ1n) is 10.2. The van der Waals surface area contributed by atoms with E-state index in [0.717, 1.165) is 41.5 Å². The monoisotopic (exact) mass is 503 g/mol. The van der Waals surface area contributed by atoms with E-state index >= 15 is 0 Å². The number of aryl methyl sites for hydroxylation is 1. The number of fused-ring (bicyclic) bond motifs is 1. The molecule has 1 saturated carbocycles. The van der Waals surface area contributed by atoms with Crippen molar-refractivity contribution in [3.05, 3.63) is 55.9 Å². The van der Waals surface area contributed by atoms with Gasteiger partial charge in [-0.1, -0.05) is 18.6 Å². The van der Waals surface area contributed by atoms with Crippen molar-refractivity contribution >= 4 is 55.0 Å². The number of hydrogen-bond donors (Lipinski definition) is 1. The third-order valence-corrected chi connectivity index (χ3v) is 7.26. The minimum atomic E-state index is -0.398. The molecule has 1 aromatic carbocycles. The second-order valence-electron chi connectivity index (χ2n) is 7.61. The Hall–Kier alpha value is -2.52. The summed E-state index contributed by atoms with van der Waals surface area (Å²) in [6, 6.07) is 7.23. The lowest BCUT2D eigenvalue weighted by Gasteiger charge is -2.21. The molecule has 1 aliphatic rings. The van der Waals surface area contributed by atoms with Gasteiger partial charge in [0.15, 0.2) is 0 Å². The van der Waals surface area contributed by atoms with E-state index in [9.17, 15) is 14.4 Å². The predicted molar refractivity (Wildman–Crippen MR) is 124 cm³/mol. The summed E-state index contributed by atoms with van der Waals surface area (Å²) < 4.78 is 7.67. The lowest BCUT2D eigenvalue weighted by molar-refractivity contribution is -0.116. The van der Waals surface area contributed by atoms with Crippen molar-refractivity contribution in [2.24, 2.45) is 0 Å². The molecule has 2 aromatic heterocycles. The van der Waals surface area contributed by atoms with Gasteiger partial charge in [0.1, 0.15) is 22.4 Å². The Balaban J connectivity index is 1.55. The van der Waals surface area contributed by atoms with Crippen LogP contribution < -0.4 is 10.9 Å². The summed E-state index contributed by atoms with van der Waals surface area (Å²) in [6.07, 6.45) is 6.36. The predicted octanol–water partition coefficient (Wildman–Crippen LogP) is 4.66. The molecule has 0 unspecified atom stereocenters. The largest absolute Gasteiger partial charge is 0.458 e. The molecule has 1 fully saturated rings. The number of anilines is 1. The van der Waals surface area contributed by atoms with Crippen LogP contribution in [0.4, 0.5) is 5.69 Å². The van der Waals surface area contributed by atoms with Crippen molar-refractivity contribution in [1.82, 2.24) is 9.55 Å². The Bertz CT molecular complexity index is 1200. The highest BCUT2D eigenvalue weighted by Gasteiger charge is 2.24. The normalized spacial score (nSPS) is 14.5. The number of ether oxygens (including phenoxy) is 1. The Labute approximate surface area is 191 Å². The minimum Gasteiger partial charge on any atom is -0.458 e. The van der Waals surface area contributed by atoms with Crippen LogP contribution in [0.15, 0.2) is 39.9 Å². The van der Waals surface area contributed by atoms with Gasteiger partial charge in [-0.3, -0.25) is 14.2 Å². The topological polar surface area (TPSA) is 90.3 Å². The highest BCUT2D eigenvalue weighted by Crippen LogP contribution is 2.29. The zero-order chi connectivity index (χ0) is 22.0. The van der Waals surface area contributed by atoms with Gasteiger partial charge in [0, 0.05) is 4.47 Å². The number of esters is 1. The van der Waals surface area contributed by atoms with Crippen LogP contribution in [-0.4, -0.2) is 27.5 Å². The number of amides is 1. The first-order valence-corrected chi connectivity index (χ1v) is 11.8. The van der Waals surface area contributed by atoms with Gasteiger partial charge < -0.3 is 10.1 Å². The molecular formula is C22H22BrN3O4S. The lowest BCUT2D eigenvalue weighted by atomic mass is 9.98. The van der Waals surface area contributed by atoms with Gasteiger partial charge in [-0.25, -0.2) is 9.78 Å². The van der Waals surface area contributed by atoms with E-state index in [1.165, 1.54) is 17.3 Å². The molecule has 0 radical (unpaired) electrons. The molecule has 31 heavy (non-hydrogen) atoms. The Morgan fingerprint density at radius 2 is 2.00 bits per heavy atom. The Kier molecular flexibility index (Phi) is 6.52. The van der Waals surface area contributed by atoms with E-state index in [-0.39, 0.29) is 24.1 Å². The molecule has 1 amide bonds. The van der Waals surface area contributed by atoms with Crippen LogP contribution in [0.25, 0.3) is 10.2 Å². The number of para-hydroxylation sites is 1. The number of thiophene rings is 1. The number of carbonyl (C=O) groups excluding carboxylic acids is 2. The van der Waals surface area contributed by atoms with Crippen LogP contribution in [0.1, 0.15) is 47.3 Å². The maximum absolute atomic E-state index is 13.0. The average molecular weight is 504 g/mol. The van der Waals surface area contributed by atoms with Gasteiger partial charge in [-0.2, -0.15) is 0 Å². The van der Waals surface area contributed by atoms with Crippen LogP contribution >= 0.6 is 27.3 Å². The van der Waals surface area contributed by atoms with Crippen LogP contribution in [0, 0.1) is 6.92 Å². The quantitative estimate of drug-likeness (QED) is 0.511. The van der Waals surface area contributed by atoms with Crippen LogP contribution in [-0.2, 0) is 16.1 Å². The van der Waals surface area contributed by atoms with Crippen LogP contribution in [0.2, 0.25) is 0 Å². The molecular weight excluding hydrogens is 482 g/mol. The molecule has 0 bridgehead atoms. The fraction of sp³-hybridized carbons (Fsp3) is 0.364. The highest BCUT2D eigenvalue weighted by atomic mass is 79.9. The Morgan fingerprint density at radius 1 is 1.26 bits per heavy atom. The maximum atomic E-state index is 13.0. The summed E-state index contributed by atoms with van der Waals surface area (Å²) in [6.45, 7) is 1.55. The third kappa shape index (κ3) is 4.72. The number of halogens is 1. The van der Waals surface area contributed by atoms with E-state index in [4.69, 9.17) is 4.74 Å².